The fourth-order valence-electron chi connectivity index (χ4n) is 15.9. The normalized spacial score (nSPS) is 12.4. The third-order valence-corrected chi connectivity index (χ3v) is 22.5. The van der Waals surface area contributed by atoms with Crippen molar-refractivity contribution in [2.45, 2.75) is 27.7 Å². The summed E-state index contributed by atoms with van der Waals surface area (Å²) < 4.78 is 7.77. The average molecular weight is 1920 g/mol. The summed E-state index contributed by atoms with van der Waals surface area (Å²) in [4.78, 5) is 21.2. The molecule has 0 saturated heterocycles. The minimum absolute atomic E-state index is 0. The molecule has 0 amide bonds. The number of aryl methyl sites for hydroxylation is 4. The molecule has 0 N–H and O–H groups in total. The molecule has 0 unspecified atom stereocenters. The van der Waals surface area contributed by atoms with Crippen molar-refractivity contribution in [3.05, 3.63) is 455 Å². The van der Waals surface area contributed by atoms with Crippen molar-refractivity contribution < 1.29 is 62.9 Å². The molecule has 3 aromatic heterocycles. The summed E-state index contributed by atoms with van der Waals surface area (Å²) in [5.41, 5.74) is 32.7. The zero-order valence-electron chi connectivity index (χ0n) is 70.8. The summed E-state index contributed by atoms with van der Waals surface area (Å²) in [6, 6.07) is 135. The summed E-state index contributed by atoms with van der Waals surface area (Å²) >= 11 is 1.63. The topological polar surface area (TPSA) is 69.8 Å². The van der Waals surface area contributed by atoms with Crippen LogP contribution in [0.5, 0.6) is 0 Å². The summed E-state index contributed by atoms with van der Waals surface area (Å²) in [6.07, 6.45) is 9.48. The number of para-hydroxylation sites is 9. The number of furan rings is 1. The number of rotatable bonds is 11. The van der Waals surface area contributed by atoms with Crippen molar-refractivity contribution in [1.82, 2.24) is 19.7 Å². The SMILES string of the molecule is CN1C=CN(c2[c-]cc(-c3ccc4c(c3)oc3ccccc34)cc2)[CH-]1.CN1[CH-]N(c2[c-]cccc2)c2ccccc21.Cc1cc(-c2ccccc2)cc(C)c1-c1c[c-]c(N2[CH-]N(C)c3ccccc32)cc1.Cc1cc(-c2ccccc2)cc(C)c1-c1c[c-]c(N2[CH-]N(C)c3ccccc32)cc1.[Rh+3].[Rh+3].[Rh].[c-]1ccccc1-c1nccs1.[c-]1ccccc1-n1cccn1. The van der Waals surface area contributed by atoms with Crippen molar-refractivity contribution in [2.75, 3.05) is 62.5 Å². The zero-order chi connectivity index (χ0) is 84.1. The minimum Gasteiger partial charge on any atom is -0.510 e. The molecule has 0 bridgehead atoms. The second kappa shape index (κ2) is 41.6. The first-order chi connectivity index (χ1) is 60.3. The number of aromatic nitrogens is 3. The molecule has 18 aromatic rings. The van der Waals surface area contributed by atoms with Gasteiger partial charge in [0.2, 0.25) is 0 Å². The van der Waals surface area contributed by atoms with Gasteiger partial charge >= 0.3 is 39.0 Å². The summed E-state index contributed by atoms with van der Waals surface area (Å²) in [6.45, 7) is 17.1. The molecule has 16 heteroatoms. The third kappa shape index (κ3) is 20.3. The molecule has 0 saturated carbocycles. The number of anilines is 10. The van der Waals surface area contributed by atoms with Crippen molar-refractivity contribution >= 4 is 90.1 Å². The van der Waals surface area contributed by atoms with E-state index in [0.29, 0.717) is 0 Å². The van der Waals surface area contributed by atoms with Crippen molar-refractivity contribution in [3.8, 4) is 71.9 Å². The van der Waals surface area contributed by atoms with E-state index >= 15 is 0 Å². The number of fused-ring (bicyclic) bond motifs is 6. The van der Waals surface area contributed by atoms with Gasteiger partial charge < -0.3 is 43.6 Å². The largest absolute Gasteiger partial charge is 3.00 e. The van der Waals surface area contributed by atoms with Crippen LogP contribution in [-0.4, -0.2) is 47.9 Å². The van der Waals surface area contributed by atoms with E-state index in [-0.39, 0.29) is 58.4 Å². The molecule has 0 fully saturated rings. The molecule has 0 aliphatic carbocycles. The Kier molecular flexibility index (Phi) is 29.5. The van der Waals surface area contributed by atoms with E-state index in [0.717, 1.165) is 72.1 Å². The van der Waals surface area contributed by atoms with Gasteiger partial charge in [0.1, 0.15) is 11.2 Å². The molecule has 4 aliphatic heterocycles. The molecule has 15 aromatic carbocycles. The predicted molar refractivity (Wildman–Crippen MR) is 511 cm³/mol. The van der Waals surface area contributed by atoms with Crippen molar-refractivity contribution in [3.63, 3.8) is 0 Å². The van der Waals surface area contributed by atoms with Crippen LogP contribution < -0.4 is 34.3 Å². The smallest absolute Gasteiger partial charge is 0.510 e. The van der Waals surface area contributed by atoms with Crippen LogP contribution in [0.1, 0.15) is 22.3 Å². The standard InChI is InChI=1S/2C28H24N2.C22H16N2O.C14H12N2.C9H7N2.C9H6NS.3Rh/c2*1-20-17-24(22-9-5-4-6-10-22)18-21(2)28(20)23-13-15-25(16-14-23)30-19-29(3)26-11-7-8-12-27(26)30;1-23-12-13-24(15-23)18-9-6-16(7-10-18)17-8-11-20-19-4-2-3-5-21(19)25-22(20)14-17;1-15-11-16(12-7-3-2-4-8-12)14-10-6-5-9-13(14)15;1-2-5-9(6-3-1)11-8-4-7-10-11;1-2-4-8(5-3-1)9-10-6-7-11-9;;;/h2*4-15,17-19H,1-3H3;2-9,11-15H,1H3;2-7,9-11H,1H3;1-5,7-8H;1-4,6-7H;;;/q4*-2;2*-1;;2*+3. The minimum atomic E-state index is 0. The predicted octanol–water partition coefficient (Wildman–Crippen LogP) is 27.2. The van der Waals surface area contributed by atoms with Crippen molar-refractivity contribution in [1.29, 1.82) is 0 Å². The monoisotopic (exact) mass is 1920 g/mol. The van der Waals surface area contributed by atoms with Gasteiger partial charge in [0.25, 0.3) is 0 Å². The van der Waals surface area contributed by atoms with E-state index in [1.807, 2.05) is 145 Å². The van der Waals surface area contributed by atoms with E-state index in [4.69, 9.17) is 4.42 Å². The zero-order valence-corrected chi connectivity index (χ0v) is 76.5. The second-order valence-corrected chi connectivity index (χ2v) is 31.1. The number of hydrogen-bond acceptors (Lipinski definition) is 12. The molecule has 0 atom stereocenters. The maximum Gasteiger partial charge on any atom is 3.00 e. The Morgan fingerprint density at radius 3 is 1.20 bits per heavy atom. The van der Waals surface area contributed by atoms with Crippen molar-refractivity contribution in [2.24, 2.45) is 0 Å². The Balaban J connectivity index is 0.000000127. The van der Waals surface area contributed by atoms with E-state index < -0.39 is 0 Å². The number of hydrogen-bond donors (Lipinski definition) is 0. The molecular formula is C110H89N11ORh3S-4. The van der Waals surface area contributed by atoms with Gasteiger partial charge in [-0.2, -0.15) is 152 Å². The number of benzene rings is 15. The van der Waals surface area contributed by atoms with Crippen LogP contribution in [0.15, 0.2) is 374 Å². The molecule has 627 valence electrons. The van der Waals surface area contributed by atoms with Crippen LogP contribution in [0.3, 0.4) is 0 Å². The van der Waals surface area contributed by atoms with Gasteiger partial charge in [-0.1, -0.05) is 191 Å². The summed E-state index contributed by atoms with van der Waals surface area (Å²) in [7, 11) is 8.22. The van der Waals surface area contributed by atoms with Gasteiger partial charge in [-0.05, 0) is 151 Å². The summed E-state index contributed by atoms with van der Waals surface area (Å²) in [5.74, 6) is 0. The van der Waals surface area contributed by atoms with Gasteiger partial charge in [0.15, 0.2) is 0 Å². The van der Waals surface area contributed by atoms with Gasteiger partial charge in [-0.15, -0.1) is 99.6 Å². The molecule has 126 heavy (non-hydrogen) atoms. The van der Waals surface area contributed by atoms with Gasteiger partial charge in [0.05, 0.1) is 0 Å². The van der Waals surface area contributed by atoms with Crippen LogP contribution in [0.2, 0.25) is 0 Å². The van der Waals surface area contributed by atoms with Gasteiger partial charge in [0, 0.05) is 93.4 Å². The van der Waals surface area contributed by atoms with Gasteiger partial charge in [-0.25, -0.2) is 0 Å². The molecule has 12 nitrogen and oxygen atoms in total. The van der Waals surface area contributed by atoms with Crippen LogP contribution in [-0.2, 0) is 58.4 Å². The molecule has 22 rings (SSSR count). The Morgan fingerprint density at radius 1 is 0.333 bits per heavy atom. The Bertz CT molecular complexity index is 6280. The van der Waals surface area contributed by atoms with E-state index in [1.165, 1.54) is 101 Å². The summed E-state index contributed by atoms with van der Waals surface area (Å²) in [5, 5.41) is 9.38. The second-order valence-electron chi connectivity index (χ2n) is 30.2. The van der Waals surface area contributed by atoms with Crippen LogP contribution in [0, 0.1) is 90.8 Å². The molecule has 7 heterocycles. The quantitative estimate of drug-likeness (QED) is 0.0919. The van der Waals surface area contributed by atoms with Gasteiger partial charge in [-0.3, -0.25) is 9.67 Å². The Hall–Kier alpha value is -13.0. The maximum atomic E-state index is 5.99. The molecule has 1 radical (unpaired) electrons. The Labute approximate surface area is 783 Å². The van der Waals surface area contributed by atoms with Crippen LogP contribution in [0.25, 0.3) is 93.8 Å². The fraction of sp³-hybridized carbons (Fsp3) is 0.0727. The first-order valence-corrected chi connectivity index (χ1v) is 41.7. The number of thiazole rings is 1. The third-order valence-electron chi connectivity index (χ3n) is 21.7. The van der Waals surface area contributed by atoms with E-state index in [2.05, 4.69) is 381 Å². The first-order valence-electron chi connectivity index (χ1n) is 40.8. The average Bonchev–Trinajstić information content (AvgIpc) is 1.58. The molecule has 0 spiro atoms. The molecular weight excluding hydrogens is 1830 g/mol. The first kappa shape index (κ1) is 89.2. The van der Waals surface area contributed by atoms with Crippen LogP contribution in [0.4, 0.5) is 56.9 Å². The Morgan fingerprint density at radius 2 is 0.762 bits per heavy atom. The van der Waals surface area contributed by atoms with Crippen LogP contribution >= 0.6 is 11.3 Å². The fourth-order valence-corrected chi connectivity index (χ4v) is 16.5. The molecule has 4 aliphatic rings. The van der Waals surface area contributed by atoms with E-state index in [9.17, 15) is 0 Å². The number of nitrogens with zero attached hydrogens (tertiary/aromatic N) is 11. The maximum absolute atomic E-state index is 5.99. The van der Waals surface area contributed by atoms with E-state index in [1.54, 1.807) is 28.4 Å².